The van der Waals surface area contributed by atoms with Gasteiger partial charge in [-0.25, -0.2) is 4.68 Å². The van der Waals surface area contributed by atoms with E-state index in [1.807, 2.05) is 6.92 Å². The zero-order valence-corrected chi connectivity index (χ0v) is 13.3. The Hall–Kier alpha value is -2.31. The summed E-state index contributed by atoms with van der Waals surface area (Å²) in [4.78, 5) is 14.0. The Morgan fingerprint density at radius 1 is 1.08 bits per heavy atom. The summed E-state index contributed by atoms with van der Waals surface area (Å²) in [6.07, 6.45) is -1.00. The normalized spacial score (nSPS) is 15.6. The highest BCUT2D eigenvalue weighted by atomic mass is 19.4. The zero-order valence-electron chi connectivity index (χ0n) is 13.3. The van der Waals surface area contributed by atoms with Gasteiger partial charge in [0.25, 0.3) is 5.91 Å². The van der Waals surface area contributed by atoms with Gasteiger partial charge in [-0.1, -0.05) is 17.7 Å². The molecule has 0 bridgehead atoms. The lowest BCUT2D eigenvalue weighted by Crippen LogP contribution is -2.36. The maximum absolute atomic E-state index is 13.6. The first-order valence-electron chi connectivity index (χ1n) is 7.89. The summed E-state index contributed by atoms with van der Waals surface area (Å²) >= 11 is 0. The number of piperidine rings is 1. The van der Waals surface area contributed by atoms with Crippen molar-refractivity contribution in [3.63, 3.8) is 0 Å². The number of carbonyl (C=O) groups is 1. The molecule has 3 rings (SSSR count). The number of benzene rings is 1. The largest absolute Gasteiger partial charge is 0.434 e. The fraction of sp³-hybridized carbons (Fsp3) is 0.412. The van der Waals surface area contributed by atoms with E-state index in [2.05, 4.69) is 5.10 Å². The SMILES string of the molecule is Cc1ccc(-n2ncc(C(=O)N3CCCCC3)c2C(F)(F)F)cc1. The first kappa shape index (κ1) is 16.5. The third-order valence-corrected chi connectivity index (χ3v) is 4.19. The van der Waals surface area contributed by atoms with Gasteiger partial charge >= 0.3 is 6.18 Å². The van der Waals surface area contributed by atoms with Gasteiger partial charge in [-0.15, -0.1) is 0 Å². The number of nitrogens with zero attached hydrogens (tertiary/aromatic N) is 3. The molecule has 4 nitrogen and oxygen atoms in total. The second-order valence-electron chi connectivity index (χ2n) is 6.00. The average Bonchev–Trinajstić information content (AvgIpc) is 3.01. The van der Waals surface area contributed by atoms with Gasteiger partial charge in [-0.05, 0) is 38.3 Å². The fourth-order valence-electron chi connectivity index (χ4n) is 2.93. The molecule has 0 radical (unpaired) electrons. The van der Waals surface area contributed by atoms with Gasteiger partial charge in [-0.2, -0.15) is 18.3 Å². The van der Waals surface area contributed by atoms with Crippen molar-refractivity contribution in [3.05, 3.63) is 47.3 Å². The molecule has 24 heavy (non-hydrogen) atoms. The minimum absolute atomic E-state index is 0.283. The van der Waals surface area contributed by atoms with E-state index >= 15 is 0 Å². The summed E-state index contributed by atoms with van der Waals surface area (Å²) in [5.41, 5.74) is -0.179. The van der Waals surface area contributed by atoms with Crippen molar-refractivity contribution in [3.8, 4) is 5.69 Å². The molecule has 0 spiro atoms. The Balaban J connectivity index is 2.04. The van der Waals surface area contributed by atoms with E-state index in [-0.39, 0.29) is 11.3 Å². The van der Waals surface area contributed by atoms with E-state index in [0.29, 0.717) is 13.1 Å². The van der Waals surface area contributed by atoms with Crippen LogP contribution in [0.2, 0.25) is 0 Å². The van der Waals surface area contributed by atoms with Crippen molar-refractivity contribution in [1.82, 2.24) is 14.7 Å². The number of halogens is 3. The number of likely N-dealkylation sites (tertiary alicyclic amines) is 1. The van der Waals surface area contributed by atoms with Gasteiger partial charge in [0.05, 0.1) is 17.4 Å². The van der Waals surface area contributed by atoms with E-state index in [4.69, 9.17) is 0 Å². The molecular formula is C17H18F3N3O. The fourth-order valence-corrected chi connectivity index (χ4v) is 2.93. The van der Waals surface area contributed by atoms with Gasteiger partial charge in [0.2, 0.25) is 0 Å². The van der Waals surface area contributed by atoms with Crippen molar-refractivity contribution in [2.24, 2.45) is 0 Å². The molecule has 2 aromatic rings. The van der Waals surface area contributed by atoms with Gasteiger partial charge in [0, 0.05) is 13.1 Å². The summed E-state index contributed by atoms with van der Waals surface area (Å²) in [6.45, 7) is 2.83. The third kappa shape index (κ3) is 3.16. The van der Waals surface area contributed by atoms with Crippen LogP contribution in [0.1, 0.15) is 40.9 Å². The highest BCUT2D eigenvalue weighted by Crippen LogP contribution is 2.34. The summed E-state index contributed by atoms with van der Waals surface area (Å²) in [5.74, 6) is -0.597. The number of hydrogen-bond acceptors (Lipinski definition) is 2. The highest BCUT2D eigenvalue weighted by molar-refractivity contribution is 5.95. The molecule has 1 aromatic heterocycles. The molecule has 0 atom stereocenters. The average molecular weight is 337 g/mol. The molecule has 1 aromatic carbocycles. The molecule has 0 saturated carbocycles. The molecule has 128 valence electrons. The van der Waals surface area contributed by atoms with Gasteiger partial charge in [0.15, 0.2) is 5.69 Å². The Kier molecular flexibility index (Phi) is 4.34. The van der Waals surface area contributed by atoms with E-state index in [9.17, 15) is 18.0 Å². The maximum Gasteiger partial charge on any atom is 0.434 e. The van der Waals surface area contributed by atoms with Crippen molar-refractivity contribution in [2.75, 3.05) is 13.1 Å². The smallest absolute Gasteiger partial charge is 0.339 e. The minimum Gasteiger partial charge on any atom is -0.339 e. The zero-order chi connectivity index (χ0) is 17.3. The Labute approximate surface area is 137 Å². The van der Waals surface area contributed by atoms with Crippen molar-refractivity contribution in [1.29, 1.82) is 0 Å². The van der Waals surface area contributed by atoms with Crippen LogP contribution in [0.3, 0.4) is 0 Å². The van der Waals surface area contributed by atoms with Crippen molar-refractivity contribution >= 4 is 5.91 Å². The lowest BCUT2D eigenvalue weighted by atomic mass is 10.1. The van der Waals surface area contributed by atoms with E-state index < -0.39 is 17.8 Å². The predicted molar refractivity (Wildman–Crippen MR) is 83.1 cm³/mol. The number of alkyl halides is 3. The van der Waals surface area contributed by atoms with Crippen LogP contribution in [0.25, 0.3) is 5.69 Å². The molecule has 0 aliphatic carbocycles. The van der Waals surface area contributed by atoms with Crippen molar-refractivity contribution < 1.29 is 18.0 Å². The van der Waals surface area contributed by atoms with E-state index in [1.165, 1.54) is 4.90 Å². The quantitative estimate of drug-likeness (QED) is 0.835. The second kappa shape index (κ2) is 6.30. The lowest BCUT2D eigenvalue weighted by molar-refractivity contribution is -0.143. The number of amides is 1. The molecule has 1 amide bonds. The first-order chi connectivity index (χ1) is 11.4. The molecule has 7 heteroatoms. The summed E-state index contributed by atoms with van der Waals surface area (Å²) < 4.78 is 41.6. The van der Waals surface area contributed by atoms with Crippen LogP contribution < -0.4 is 0 Å². The molecule has 1 aliphatic heterocycles. The molecule has 2 heterocycles. The van der Waals surface area contributed by atoms with Crippen LogP contribution in [-0.2, 0) is 6.18 Å². The lowest BCUT2D eigenvalue weighted by Gasteiger charge is -2.26. The molecule has 1 aliphatic rings. The summed E-state index contributed by atoms with van der Waals surface area (Å²) in [7, 11) is 0. The molecule has 1 saturated heterocycles. The number of carbonyl (C=O) groups excluding carboxylic acids is 1. The van der Waals surface area contributed by atoms with Gasteiger partial charge in [-0.3, -0.25) is 4.79 Å². The molecule has 1 fully saturated rings. The highest BCUT2D eigenvalue weighted by Gasteiger charge is 2.41. The second-order valence-corrected chi connectivity index (χ2v) is 6.00. The molecule has 0 unspecified atom stereocenters. The third-order valence-electron chi connectivity index (χ3n) is 4.19. The predicted octanol–water partition coefficient (Wildman–Crippen LogP) is 3.83. The number of aryl methyl sites for hydroxylation is 1. The van der Waals surface area contributed by atoms with Crippen LogP contribution in [0, 0.1) is 6.92 Å². The Morgan fingerprint density at radius 3 is 2.29 bits per heavy atom. The standard InChI is InChI=1S/C17H18F3N3O/c1-12-5-7-13(8-6-12)23-15(17(18,19)20)14(11-21-23)16(24)22-9-3-2-4-10-22/h5-8,11H,2-4,9-10H2,1H3. The molecule has 0 N–H and O–H groups in total. The summed E-state index contributed by atoms with van der Waals surface area (Å²) in [6, 6.07) is 6.55. The summed E-state index contributed by atoms with van der Waals surface area (Å²) in [5, 5.41) is 3.85. The van der Waals surface area contributed by atoms with Gasteiger partial charge < -0.3 is 4.90 Å². The Bertz CT molecular complexity index is 729. The topological polar surface area (TPSA) is 38.1 Å². The van der Waals surface area contributed by atoms with Crippen LogP contribution in [0.5, 0.6) is 0 Å². The van der Waals surface area contributed by atoms with Gasteiger partial charge in [0.1, 0.15) is 0 Å². The molecular weight excluding hydrogens is 319 g/mol. The van der Waals surface area contributed by atoms with E-state index in [0.717, 1.165) is 35.7 Å². The van der Waals surface area contributed by atoms with Crippen LogP contribution in [-0.4, -0.2) is 33.7 Å². The van der Waals surface area contributed by atoms with Crippen LogP contribution in [0.15, 0.2) is 30.5 Å². The monoisotopic (exact) mass is 337 g/mol. The van der Waals surface area contributed by atoms with Crippen molar-refractivity contribution in [2.45, 2.75) is 32.4 Å². The van der Waals surface area contributed by atoms with Crippen LogP contribution in [0.4, 0.5) is 13.2 Å². The number of hydrogen-bond donors (Lipinski definition) is 0. The minimum atomic E-state index is -4.66. The number of rotatable bonds is 2. The first-order valence-corrected chi connectivity index (χ1v) is 7.89. The maximum atomic E-state index is 13.6. The van der Waals surface area contributed by atoms with E-state index in [1.54, 1.807) is 24.3 Å². The van der Waals surface area contributed by atoms with Crippen LogP contribution >= 0.6 is 0 Å². The number of aromatic nitrogens is 2. The Morgan fingerprint density at radius 2 is 1.71 bits per heavy atom.